The van der Waals surface area contributed by atoms with Crippen LogP contribution >= 0.6 is 46.4 Å². The number of halogens is 4. The molecule has 0 spiro atoms. The summed E-state index contributed by atoms with van der Waals surface area (Å²) >= 11 is 21.4. The summed E-state index contributed by atoms with van der Waals surface area (Å²) in [4.78, 5) is 17.3. The Morgan fingerprint density at radius 1 is 1.15 bits per heavy atom. The topological polar surface area (TPSA) is 52.1 Å². The zero-order valence-corrected chi connectivity index (χ0v) is 8.75. The van der Waals surface area contributed by atoms with Gasteiger partial charge in [0, 0.05) is 11.6 Å². The van der Waals surface area contributed by atoms with Crippen molar-refractivity contribution < 1.29 is 9.53 Å². The highest BCUT2D eigenvalue weighted by atomic mass is 35.5. The SMILES string of the molecule is O=C(Cl)Oc1c(Cl)nc(Cl)nc1Cl. The van der Waals surface area contributed by atoms with Crippen molar-refractivity contribution in [1.82, 2.24) is 9.97 Å². The van der Waals surface area contributed by atoms with Crippen LogP contribution in [0, 0.1) is 0 Å². The first-order valence-electron chi connectivity index (χ1n) is 2.76. The van der Waals surface area contributed by atoms with E-state index in [1.165, 1.54) is 0 Å². The van der Waals surface area contributed by atoms with Crippen molar-refractivity contribution >= 4 is 51.8 Å². The van der Waals surface area contributed by atoms with Crippen molar-refractivity contribution in [3.8, 4) is 5.75 Å². The van der Waals surface area contributed by atoms with E-state index in [2.05, 4.69) is 14.7 Å². The lowest BCUT2D eigenvalue weighted by atomic mass is 10.6. The van der Waals surface area contributed by atoms with Gasteiger partial charge >= 0.3 is 5.43 Å². The lowest BCUT2D eigenvalue weighted by Crippen LogP contribution is -2.00. The Hall–Kier alpha value is -0.290. The van der Waals surface area contributed by atoms with Gasteiger partial charge in [-0.25, -0.2) is 14.8 Å². The van der Waals surface area contributed by atoms with E-state index in [1.807, 2.05) is 0 Å². The molecule has 0 atom stereocenters. The maximum Gasteiger partial charge on any atom is 0.409 e. The molecular formula is C5Cl4N2O2. The lowest BCUT2D eigenvalue weighted by Gasteiger charge is -2.02. The highest BCUT2D eigenvalue weighted by molar-refractivity contribution is 6.61. The Balaban J connectivity index is 3.13. The normalized spacial score (nSPS) is 9.85. The fourth-order valence-electron chi connectivity index (χ4n) is 0.538. The third kappa shape index (κ3) is 2.84. The van der Waals surface area contributed by atoms with Crippen LogP contribution < -0.4 is 4.74 Å². The summed E-state index contributed by atoms with van der Waals surface area (Å²) in [7, 11) is 0. The highest BCUT2D eigenvalue weighted by Crippen LogP contribution is 2.31. The number of rotatable bonds is 1. The average molecular weight is 262 g/mol. The van der Waals surface area contributed by atoms with Gasteiger partial charge in [0.2, 0.25) is 11.0 Å². The number of hydrogen-bond acceptors (Lipinski definition) is 4. The summed E-state index contributed by atoms with van der Waals surface area (Å²) in [6.45, 7) is 0. The van der Waals surface area contributed by atoms with Gasteiger partial charge in [0.15, 0.2) is 10.3 Å². The summed E-state index contributed by atoms with van der Waals surface area (Å²) < 4.78 is 4.41. The van der Waals surface area contributed by atoms with Gasteiger partial charge in [-0.1, -0.05) is 23.2 Å². The van der Waals surface area contributed by atoms with Crippen LogP contribution in [0.25, 0.3) is 0 Å². The predicted octanol–water partition coefficient (Wildman–Crippen LogP) is 3.17. The molecule has 1 rings (SSSR count). The Labute approximate surface area is 92.7 Å². The molecule has 13 heavy (non-hydrogen) atoms. The largest absolute Gasteiger partial charge is 0.409 e. The number of carbonyl (C=O) groups is 1. The molecular weight excluding hydrogens is 262 g/mol. The summed E-state index contributed by atoms with van der Waals surface area (Å²) in [6.07, 6.45) is 0. The van der Waals surface area contributed by atoms with Gasteiger partial charge in [-0.2, -0.15) is 0 Å². The predicted molar refractivity (Wildman–Crippen MR) is 48.9 cm³/mol. The first-order valence-corrected chi connectivity index (χ1v) is 4.27. The molecule has 1 heterocycles. The Morgan fingerprint density at radius 2 is 1.62 bits per heavy atom. The summed E-state index contributed by atoms with van der Waals surface area (Å²) in [6, 6.07) is 0. The van der Waals surface area contributed by atoms with E-state index >= 15 is 0 Å². The molecule has 0 bridgehead atoms. The monoisotopic (exact) mass is 260 g/mol. The third-order valence-corrected chi connectivity index (χ3v) is 1.70. The van der Waals surface area contributed by atoms with Crippen molar-refractivity contribution in [3.05, 3.63) is 15.6 Å². The number of aromatic nitrogens is 2. The van der Waals surface area contributed by atoms with Crippen molar-refractivity contribution in [2.24, 2.45) is 0 Å². The molecule has 0 saturated carbocycles. The lowest BCUT2D eigenvalue weighted by molar-refractivity contribution is 0.225. The first-order chi connectivity index (χ1) is 6.00. The molecule has 0 radical (unpaired) electrons. The average Bonchev–Trinajstić information content (AvgIpc) is 1.96. The molecule has 70 valence electrons. The quantitative estimate of drug-likeness (QED) is 0.443. The van der Waals surface area contributed by atoms with E-state index < -0.39 is 5.43 Å². The van der Waals surface area contributed by atoms with E-state index in [0.29, 0.717) is 0 Å². The van der Waals surface area contributed by atoms with E-state index in [0.717, 1.165) is 0 Å². The van der Waals surface area contributed by atoms with E-state index in [-0.39, 0.29) is 21.3 Å². The number of ether oxygens (including phenoxy) is 1. The van der Waals surface area contributed by atoms with Gasteiger partial charge in [0.25, 0.3) is 0 Å². The molecule has 1 aromatic heterocycles. The second-order valence-corrected chi connectivity index (χ2v) is 3.11. The maximum atomic E-state index is 10.3. The van der Waals surface area contributed by atoms with Crippen LogP contribution in [0.5, 0.6) is 5.75 Å². The van der Waals surface area contributed by atoms with Crippen molar-refractivity contribution in [2.75, 3.05) is 0 Å². The Kier molecular flexibility index (Phi) is 3.55. The minimum atomic E-state index is -1.09. The summed E-state index contributed by atoms with van der Waals surface area (Å²) in [5.74, 6) is -0.215. The highest BCUT2D eigenvalue weighted by Gasteiger charge is 2.14. The fraction of sp³-hybridized carbons (Fsp3) is 0. The second kappa shape index (κ2) is 4.28. The molecule has 0 unspecified atom stereocenters. The van der Waals surface area contributed by atoms with E-state index in [4.69, 9.17) is 46.4 Å². The van der Waals surface area contributed by atoms with Crippen LogP contribution in [0.3, 0.4) is 0 Å². The molecule has 0 aliphatic carbocycles. The van der Waals surface area contributed by atoms with Gasteiger partial charge in [-0.05, 0) is 11.6 Å². The maximum absolute atomic E-state index is 10.3. The smallest absolute Gasteiger partial charge is 0.408 e. The van der Waals surface area contributed by atoms with Crippen LogP contribution in [0.1, 0.15) is 0 Å². The van der Waals surface area contributed by atoms with Crippen LogP contribution in [0.15, 0.2) is 0 Å². The van der Waals surface area contributed by atoms with Crippen LogP contribution in [-0.4, -0.2) is 15.4 Å². The van der Waals surface area contributed by atoms with Crippen LogP contribution in [0.4, 0.5) is 4.79 Å². The van der Waals surface area contributed by atoms with Gasteiger partial charge in [0.05, 0.1) is 0 Å². The molecule has 0 aliphatic rings. The zero-order valence-electron chi connectivity index (χ0n) is 5.72. The van der Waals surface area contributed by atoms with Crippen LogP contribution in [0.2, 0.25) is 15.6 Å². The minimum absolute atomic E-state index is 0.149. The fourth-order valence-corrected chi connectivity index (χ4v) is 1.34. The Bertz CT molecular complexity index is 333. The van der Waals surface area contributed by atoms with Gasteiger partial charge < -0.3 is 4.74 Å². The molecule has 0 aromatic carbocycles. The summed E-state index contributed by atoms with van der Waals surface area (Å²) in [5.41, 5.74) is -1.09. The molecule has 8 heteroatoms. The third-order valence-electron chi connectivity index (χ3n) is 0.938. The number of nitrogens with zero attached hydrogens (tertiary/aromatic N) is 2. The Morgan fingerprint density at radius 3 is 2.00 bits per heavy atom. The molecule has 4 nitrogen and oxygen atoms in total. The first kappa shape index (κ1) is 10.8. The molecule has 0 amide bonds. The van der Waals surface area contributed by atoms with Crippen molar-refractivity contribution in [2.45, 2.75) is 0 Å². The number of carbonyl (C=O) groups excluding carboxylic acids is 1. The minimum Gasteiger partial charge on any atom is -0.408 e. The standard InChI is InChI=1S/C5Cl4N2O2/c6-2-1(13-5(9)12)3(7)11-4(8)10-2. The van der Waals surface area contributed by atoms with Crippen molar-refractivity contribution in [1.29, 1.82) is 0 Å². The molecule has 0 saturated heterocycles. The molecule has 0 N–H and O–H groups in total. The van der Waals surface area contributed by atoms with Gasteiger partial charge in [-0.15, -0.1) is 0 Å². The molecule has 0 aliphatic heterocycles. The van der Waals surface area contributed by atoms with Crippen LogP contribution in [-0.2, 0) is 0 Å². The van der Waals surface area contributed by atoms with Crippen molar-refractivity contribution in [3.63, 3.8) is 0 Å². The molecule has 1 aromatic rings. The second-order valence-electron chi connectivity index (χ2n) is 1.74. The number of hydrogen-bond donors (Lipinski definition) is 0. The van der Waals surface area contributed by atoms with E-state index in [1.54, 1.807) is 0 Å². The van der Waals surface area contributed by atoms with Gasteiger partial charge in [0.1, 0.15) is 0 Å². The molecule has 0 fully saturated rings. The summed E-state index contributed by atoms with van der Waals surface area (Å²) in [5, 5.41) is -0.512. The van der Waals surface area contributed by atoms with Gasteiger partial charge in [-0.3, -0.25) is 0 Å². The zero-order chi connectivity index (χ0) is 10.0. The van der Waals surface area contributed by atoms with E-state index in [9.17, 15) is 4.79 Å².